The normalized spacial score (nSPS) is 15.4. The highest BCUT2D eigenvalue weighted by atomic mass is 79.9. The lowest BCUT2D eigenvalue weighted by atomic mass is 10.1. The summed E-state index contributed by atoms with van der Waals surface area (Å²) in [6, 6.07) is 11.3. The maximum atomic E-state index is 12.4. The van der Waals surface area contributed by atoms with E-state index < -0.39 is 30.4 Å². The number of anilines is 2. The smallest absolute Gasteiger partial charge is 0.338 e. The Morgan fingerprint density at radius 3 is 2.53 bits per heavy atom. The largest absolute Gasteiger partial charge is 0.462 e. The third kappa shape index (κ3) is 5.86. The van der Waals surface area contributed by atoms with E-state index in [0.29, 0.717) is 26.4 Å². The summed E-state index contributed by atoms with van der Waals surface area (Å²) < 4.78 is 10.7. The molecule has 0 radical (unpaired) electrons. The highest BCUT2D eigenvalue weighted by molar-refractivity contribution is 9.10. The summed E-state index contributed by atoms with van der Waals surface area (Å²) in [6.07, 6.45) is -0.0254. The highest BCUT2D eigenvalue weighted by Crippen LogP contribution is 2.27. The van der Waals surface area contributed by atoms with Gasteiger partial charge in [-0.2, -0.15) is 0 Å². The number of carbonyl (C=O) groups excluding carboxylic acids is 4. The van der Waals surface area contributed by atoms with E-state index in [-0.39, 0.29) is 25.5 Å². The van der Waals surface area contributed by atoms with Gasteiger partial charge in [0.1, 0.15) is 0 Å². The summed E-state index contributed by atoms with van der Waals surface area (Å²) in [6.45, 7) is 1.63. The van der Waals surface area contributed by atoms with Crippen LogP contribution in [0.25, 0.3) is 0 Å². The maximum Gasteiger partial charge on any atom is 0.338 e. The van der Waals surface area contributed by atoms with Gasteiger partial charge in [-0.1, -0.05) is 11.6 Å². The zero-order chi connectivity index (χ0) is 23.3. The standard InChI is InChI=1S/C22H20BrClN2O6/c1-2-31-21(29)13-3-6-16(7-4-13)26-11-14(9-20(26)28)22(30)32-12-19(27)25-15-5-8-17(23)18(24)10-15/h3-8,10,14H,2,9,11-12H2,1H3,(H,25,27)/t14-/m1/s1. The number of esters is 2. The van der Waals surface area contributed by atoms with Crippen LogP contribution in [-0.2, 0) is 23.9 Å². The Kier molecular flexibility index (Phi) is 7.87. The summed E-state index contributed by atoms with van der Waals surface area (Å²) in [5, 5.41) is 3.02. The van der Waals surface area contributed by atoms with Crippen molar-refractivity contribution in [2.45, 2.75) is 13.3 Å². The van der Waals surface area contributed by atoms with Crippen LogP contribution in [-0.4, -0.2) is 43.5 Å². The van der Waals surface area contributed by atoms with Crippen LogP contribution < -0.4 is 10.2 Å². The molecule has 2 amide bonds. The summed E-state index contributed by atoms with van der Waals surface area (Å²) in [5.74, 6) is -2.54. The highest BCUT2D eigenvalue weighted by Gasteiger charge is 2.36. The van der Waals surface area contributed by atoms with Gasteiger partial charge in [0.25, 0.3) is 5.91 Å². The van der Waals surface area contributed by atoms with Crippen LogP contribution in [0, 0.1) is 5.92 Å². The molecular formula is C22H20BrClN2O6. The number of hydrogen-bond donors (Lipinski definition) is 1. The molecule has 1 saturated heterocycles. The lowest BCUT2D eigenvalue weighted by molar-refractivity contribution is -0.151. The SMILES string of the molecule is CCOC(=O)c1ccc(N2C[C@H](C(=O)OCC(=O)Nc3ccc(Br)c(Cl)c3)CC2=O)cc1. The van der Waals surface area contributed by atoms with Crippen molar-refractivity contribution >= 4 is 62.7 Å². The van der Waals surface area contributed by atoms with Crippen molar-refractivity contribution in [3.63, 3.8) is 0 Å². The number of rotatable bonds is 7. The van der Waals surface area contributed by atoms with E-state index >= 15 is 0 Å². The minimum Gasteiger partial charge on any atom is -0.462 e. The number of nitrogens with one attached hydrogen (secondary N) is 1. The van der Waals surface area contributed by atoms with Gasteiger partial charge < -0.3 is 19.7 Å². The quantitative estimate of drug-likeness (QED) is 0.554. The van der Waals surface area contributed by atoms with E-state index in [1.807, 2.05) is 0 Å². The first-order chi connectivity index (χ1) is 15.3. The van der Waals surface area contributed by atoms with Gasteiger partial charge in [-0.25, -0.2) is 4.79 Å². The van der Waals surface area contributed by atoms with Crippen LogP contribution in [0.4, 0.5) is 11.4 Å². The van der Waals surface area contributed by atoms with Crippen LogP contribution >= 0.6 is 27.5 Å². The second-order valence-corrected chi connectivity index (χ2v) is 8.22. The molecule has 1 aliphatic rings. The van der Waals surface area contributed by atoms with Crippen molar-refractivity contribution in [2.75, 3.05) is 30.0 Å². The predicted octanol–water partition coefficient (Wildman–Crippen LogP) is 3.81. The zero-order valence-corrected chi connectivity index (χ0v) is 19.4. The second-order valence-electron chi connectivity index (χ2n) is 6.96. The van der Waals surface area contributed by atoms with E-state index in [1.165, 1.54) is 4.90 Å². The molecular weight excluding hydrogens is 504 g/mol. The second kappa shape index (κ2) is 10.6. The molecule has 0 unspecified atom stereocenters. The molecule has 1 N–H and O–H groups in total. The monoisotopic (exact) mass is 522 g/mol. The average Bonchev–Trinajstić information content (AvgIpc) is 3.16. The van der Waals surface area contributed by atoms with E-state index in [4.69, 9.17) is 21.1 Å². The number of halogens is 2. The molecule has 0 bridgehead atoms. The maximum absolute atomic E-state index is 12.4. The Balaban J connectivity index is 1.52. The van der Waals surface area contributed by atoms with Gasteiger partial charge >= 0.3 is 11.9 Å². The lowest BCUT2D eigenvalue weighted by Crippen LogP contribution is -2.28. The molecule has 0 saturated carbocycles. The number of amides is 2. The van der Waals surface area contributed by atoms with E-state index in [2.05, 4.69) is 21.2 Å². The Morgan fingerprint density at radius 1 is 1.16 bits per heavy atom. The molecule has 32 heavy (non-hydrogen) atoms. The van der Waals surface area contributed by atoms with Gasteiger partial charge in [0.2, 0.25) is 5.91 Å². The topological polar surface area (TPSA) is 102 Å². The van der Waals surface area contributed by atoms with Crippen LogP contribution in [0.5, 0.6) is 0 Å². The number of benzene rings is 2. The molecule has 1 fully saturated rings. The van der Waals surface area contributed by atoms with Crippen LogP contribution in [0.2, 0.25) is 5.02 Å². The van der Waals surface area contributed by atoms with Gasteiger partial charge in [-0.3, -0.25) is 14.4 Å². The fourth-order valence-corrected chi connectivity index (χ4v) is 3.56. The summed E-state index contributed by atoms with van der Waals surface area (Å²) in [7, 11) is 0. The lowest BCUT2D eigenvalue weighted by Gasteiger charge is -2.17. The van der Waals surface area contributed by atoms with Crippen molar-refractivity contribution in [3.8, 4) is 0 Å². The first-order valence-corrected chi connectivity index (χ1v) is 10.9. The van der Waals surface area contributed by atoms with E-state index in [9.17, 15) is 19.2 Å². The Bertz CT molecular complexity index is 1040. The number of nitrogens with zero attached hydrogens (tertiary/aromatic N) is 1. The van der Waals surface area contributed by atoms with Gasteiger partial charge in [0.15, 0.2) is 6.61 Å². The molecule has 168 valence electrons. The minimum absolute atomic E-state index is 0.0254. The predicted molar refractivity (Wildman–Crippen MR) is 122 cm³/mol. The van der Waals surface area contributed by atoms with Crippen molar-refractivity contribution in [2.24, 2.45) is 5.92 Å². The summed E-state index contributed by atoms with van der Waals surface area (Å²) in [4.78, 5) is 50.0. The fourth-order valence-electron chi connectivity index (χ4n) is 3.13. The van der Waals surface area contributed by atoms with Crippen LogP contribution in [0.15, 0.2) is 46.9 Å². The average molecular weight is 524 g/mol. The molecule has 1 aliphatic heterocycles. The number of carbonyl (C=O) groups is 4. The molecule has 2 aromatic carbocycles. The minimum atomic E-state index is -0.692. The Labute approximate surface area is 197 Å². The fraction of sp³-hybridized carbons (Fsp3) is 0.273. The van der Waals surface area contributed by atoms with Gasteiger partial charge in [-0.15, -0.1) is 0 Å². The molecule has 10 heteroatoms. The van der Waals surface area contributed by atoms with Crippen molar-refractivity contribution in [3.05, 3.63) is 57.5 Å². The van der Waals surface area contributed by atoms with Crippen molar-refractivity contribution < 1.29 is 28.7 Å². The first kappa shape index (κ1) is 23.7. The third-order valence-corrected chi connectivity index (χ3v) is 5.93. The van der Waals surface area contributed by atoms with Gasteiger partial charge in [0, 0.05) is 28.8 Å². The Morgan fingerprint density at radius 2 is 1.88 bits per heavy atom. The molecule has 3 rings (SSSR count). The Hall–Kier alpha value is -2.91. The molecule has 0 spiro atoms. The van der Waals surface area contributed by atoms with Crippen LogP contribution in [0.1, 0.15) is 23.7 Å². The van der Waals surface area contributed by atoms with Crippen molar-refractivity contribution in [1.29, 1.82) is 0 Å². The first-order valence-electron chi connectivity index (χ1n) is 9.77. The van der Waals surface area contributed by atoms with Gasteiger partial charge in [-0.05, 0) is 65.3 Å². The van der Waals surface area contributed by atoms with Crippen LogP contribution in [0.3, 0.4) is 0 Å². The molecule has 1 heterocycles. The van der Waals surface area contributed by atoms with Gasteiger partial charge in [0.05, 0.1) is 23.1 Å². The summed E-state index contributed by atoms with van der Waals surface area (Å²) in [5.41, 5.74) is 1.40. The molecule has 1 atom stereocenters. The molecule has 8 nitrogen and oxygen atoms in total. The van der Waals surface area contributed by atoms with E-state index in [1.54, 1.807) is 49.4 Å². The van der Waals surface area contributed by atoms with E-state index in [0.717, 1.165) is 0 Å². The molecule has 0 aliphatic carbocycles. The number of hydrogen-bond acceptors (Lipinski definition) is 6. The number of ether oxygens (including phenoxy) is 2. The molecule has 2 aromatic rings. The molecule has 0 aromatic heterocycles. The van der Waals surface area contributed by atoms with Crippen molar-refractivity contribution in [1.82, 2.24) is 0 Å². The zero-order valence-electron chi connectivity index (χ0n) is 17.1. The third-order valence-electron chi connectivity index (χ3n) is 4.70. The summed E-state index contributed by atoms with van der Waals surface area (Å²) >= 11 is 9.24.